The number of unbranched alkanes of at least 4 members (excludes halogenated alkanes) is 10. The van der Waals surface area contributed by atoms with Crippen LogP contribution in [0.25, 0.3) is 45.0 Å². The third kappa shape index (κ3) is 6.77. The van der Waals surface area contributed by atoms with Crippen molar-refractivity contribution < 1.29 is 0 Å². The Hall–Kier alpha value is -3.91. The molecule has 46 heavy (non-hydrogen) atoms. The van der Waals surface area contributed by atoms with E-state index in [9.17, 15) is 0 Å². The van der Waals surface area contributed by atoms with Crippen LogP contribution >= 0.6 is 0 Å². The third-order valence-corrected chi connectivity index (χ3v) is 10.3. The highest BCUT2D eigenvalue weighted by Crippen LogP contribution is 2.57. The molecule has 5 aromatic rings. The zero-order valence-electron chi connectivity index (χ0n) is 28.2. The SMILES string of the molecule is CCCCCCCCC1(CCCCCCCC)c2ccccc2-c2cccc(-c3nc(-c4ccccc4)c(-c4ccccc4)[nH]3)c21. The second-order valence-corrected chi connectivity index (χ2v) is 13.4. The quantitative estimate of drug-likeness (QED) is 0.105. The molecule has 1 N–H and O–H groups in total. The molecular weight excluding hydrogens is 556 g/mol. The van der Waals surface area contributed by atoms with Crippen LogP contribution in [0.15, 0.2) is 103 Å². The molecule has 1 heterocycles. The minimum atomic E-state index is 0.00461. The van der Waals surface area contributed by atoms with E-state index in [2.05, 4.69) is 122 Å². The molecule has 238 valence electrons. The van der Waals surface area contributed by atoms with Gasteiger partial charge in [-0.3, -0.25) is 0 Å². The largest absolute Gasteiger partial charge is 0.337 e. The minimum absolute atomic E-state index is 0.00461. The molecule has 2 nitrogen and oxygen atoms in total. The van der Waals surface area contributed by atoms with Crippen LogP contribution in [-0.4, -0.2) is 9.97 Å². The normalized spacial score (nSPS) is 13.1. The Morgan fingerprint density at radius 2 is 1.02 bits per heavy atom. The van der Waals surface area contributed by atoms with Gasteiger partial charge in [0.05, 0.1) is 11.4 Å². The summed E-state index contributed by atoms with van der Waals surface area (Å²) in [4.78, 5) is 9.31. The Kier molecular flexibility index (Phi) is 10.9. The van der Waals surface area contributed by atoms with Gasteiger partial charge in [-0.15, -0.1) is 0 Å². The molecule has 4 aromatic carbocycles. The van der Waals surface area contributed by atoms with Crippen LogP contribution in [0, 0.1) is 0 Å². The topological polar surface area (TPSA) is 28.7 Å². The molecule has 0 saturated carbocycles. The van der Waals surface area contributed by atoms with Crippen molar-refractivity contribution >= 4 is 0 Å². The molecule has 6 rings (SSSR count). The lowest BCUT2D eigenvalue weighted by molar-refractivity contribution is 0.398. The van der Waals surface area contributed by atoms with E-state index in [1.54, 1.807) is 0 Å². The van der Waals surface area contributed by atoms with Crippen LogP contribution in [-0.2, 0) is 5.41 Å². The molecule has 0 fully saturated rings. The molecule has 1 aliphatic carbocycles. The highest BCUT2D eigenvalue weighted by Gasteiger charge is 2.44. The number of nitrogens with zero attached hydrogens (tertiary/aromatic N) is 1. The van der Waals surface area contributed by atoms with E-state index >= 15 is 0 Å². The van der Waals surface area contributed by atoms with Gasteiger partial charge in [-0.05, 0) is 35.1 Å². The first-order valence-electron chi connectivity index (χ1n) is 18.2. The number of H-pyrrole nitrogens is 1. The van der Waals surface area contributed by atoms with Crippen LogP contribution in [0.4, 0.5) is 0 Å². The predicted octanol–water partition coefficient (Wildman–Crippen LogP) is 13.2. The molecule has 0 aliphatic heterocycles. The maximum absolute atomic E-state index is 5.44. The lowest BCUT2D eigenvalue weighted by Crippen LogP contribution is -2.26. The van der Waals surface area contributed by atoms with Gasteiger partial charge in [-0.25, -0.2) is 4.98 Å². The van der Waals surface area contributed by atoms with Gasteiger partial charge in [-0.2, -0.15) is 0 Å². The molecule has 0 radical (unpaired) electrons. The lowest BCUT2D eigenvalue weighted by atomic mass is 9.69. The van der Waals surface area contributed by atoms with Crippen LogP contribution in [0.2, 0.25) is 0 Å². The first-order valence-corrected chi connectivity index (χ1v) is 18.2. The Balaban J connectivity index is 1.45. The van der Waals surface area contributed by atoms with E-state index < -0.39 is 0 Å². The zero-order valence-corrected chi connectivity index (χ0v) is 28.2. The van der Waals surface area contributed by atoms with E-state index in [1.165, 1.54) is 123 Å². The van der Waals surface area contributed by atoms with Gasteiger partial charge < -0.3 is 4.98 Å². The molecule has 1 aromatic heterocycles. The van der Waals surface area contributed by atoms with E-state index in [4.69, 9.17) is 4.98 Å². The average Bonchev–Trinajstić information content (AvgIpc) is 3.68. The first-order chi connectivity index (χ1) is 22.8. The van der Waals surface area contributed by atoms with Gasteiger partial charge in [0.15, 0.2) is 0 Å². The number of hydrogen-bond acceptors (Lipinski definition) is 1. The molecule has 0 spiro atoms. The van der Waals surface area contributed by atoms with Crippen LogP contribution in [0.5, 0.6) is 0 Å². The maximum Gasteiger partial charge on any atom is 0.138 e. The summed E-state index contributed by atoms with van der Waals surface area (Å²) in [5, 5.41) is 0. The number of rotatable bonds is 17. The van der Waals surface area contributed by atoms with Gasteiger partial charge in [-0.1, -0.05) is 194 Å². The van der Waals surface area contributed by atoms with Crippen molar-refractivity contribution in [1.82, 2.24) is 9.97 Å². The molecule has 0 saturated heterocycles. The predicted molar refractivity (Wildman–Crippen MR) is 197 cm³/mol. The molecule has 0 bridgehead atoms. The van der Waals surface area contributed by atoms with Crippen molar-refractivity contribution in [3.05, 3.63) is 114 Å². The number of fused-ring (bicyclic) bond motifs is 3. The van der Waals surface area contributed by atoms with Crippen molar-refractivity contribution in [2.45, 2.75) is 109 Å². The summed E-state index contributed by atoms with van der Waals surface area (Å²) in [6, 6.07) is 37.7. The smallest absolute Gasteiger partial charge is 0.138 e. The number of aromatic nitrogens is 2. The second-order valence-electron chi connectivity index (χ2n) is 13.4. The summed E-state index contributed by atoms with van der Waals surface area (Å²) in [5.74, 6) is 0.984. The van der Waals surface area contributed by atoms with Crippen molar-refractivity contribution in [1.29, 1.82) is 0 Å². The summed E-state index contributed by atoms with van der Waals surface area (Å²) in [7, 11) is 0. The summed E-state index contributed by atoms with van der Waals surface area (Å²) >= 11 is 0. The van der Waals surface area contributed by atoms with Gasteiger partial charge in [0, 0.05) is 22.1 Å². The van der Waals surface area contributed by atoms with Gasteiger partial charge in [0.25, 0.3) is 0 Å². The number of imidazole rings is 1. The highest BCUT2D eigenvalue weighted by molar-refractivity contribution is 5.89. The van der Waals surface area contributed by atoms with E-state index in [-0.39, 0.29) is 5.41 Å². The standard InChI is InChI=1S/C44H52N2/c1-3-5-7-9-11-21-32-44(33-22-12-10-8-6-4-2)39-31-20-19-28-36(39)37-29-23-30-38(40(37)44)43-45-41(34-24-15-13-16-25-34)42(46-43)35-26-17-14-18-27-35/h13-20,23-31H,3-12,21-22,32-33H2,1-2H3,(H,45,46). The molecule has 0 amide bonds. The fraction of sp³-hybridized carbons (Fsp3) is 0.386. The second kappa shape index (κ2) is 15.6. The van der Waals surface area contributed by atoms with Crippen molar-refractivity contribution in [3.63, 3.8) is 0 Å². The van der Waals surface area contributed by atoms with Crippen LogP contribution < -0.4 is 0 Å². The highest BCUT2D eigenvalue weighted by atomic mass is 14.9. The van der Waals surface area contributed by atoms with E-state index in [1.807, 2.05) is 0 Å². The van der Waals surface area contributed by atoms with Gasteiger partial charge in [0.1, 0.15) is 5.82 Å². The first kappa shape index (κ1) is 32.0. The van der Waals surface area contributed by atoms with Crippen LogP contribution in [0.1, 0.15) is 115 Å². The minimum Gasteiger partial charge on any atom is -0.337 e. The maximum atomic E-state index is 5.44. The fourth-order valence-corrected chi connectivity index (χ4v) is 7.94. The lowest BCUT2D eigenvalue weighted by Gasteiger charge is -2.34. The Labute approximate surface area is 277 Å². The Morgan fingerprint density at radius 3 is 1.67 bits per heavy atom. The summed E-state index contributed by atoms with van der Waals surface area (Å²) in [6.45, 7) is 4.62. The van der Waals surface area contributed by atoms with Gasteiger partial charge >= 0.3 is 0 Å². The Morgan fingerprint density at radius 1 is 0.500 bits per heavy atom. The monoisotopic (exact) mass is 608 g/mol. The molecule has 2 heteroatoms. The van der Waals surface area contributed by atoms with E-state index in [0.29, 0.717) is 0 Å². The van der Waals surface area contributed by atoms with Crippen LogP contribution in [0.3, 0.4) is 0 Å². The fourth-order valence-electron chi connectivity index (χ4n) is 7.94. The molecular formula is C44H52N2. The van der Waals surface area contributed by atoms with Gasteiger partial charge in [0.2, 0.25) is 0 Å². The summed E-state index contributed by atoms with van der Waals surface area (Å²) in [6.07, 6.45) is 18.3. The third-order valence-electron chi connectivity index (χ3n) is 10.3. The number of aromatic amines is 1. The Bertz CT molecular complexity index is 1590. The summed E-state index contributed by atoms with van der Waals surface area (Å²) < 4.78 is 0. The molecule has 1 aliphatic rings. The van der Waals surface area contributed by atoms with Crippen molar-refractivity contribution in [2.75, 3.05) is 0 Å². The molecule has 0 unspecified atom stereocenters. The van der Waals surface area contributed by atoms with Crippen molar-refractivity contribution in [3.8, 4) is 45.0 Å². The average molecular weight is 609 g/mol. The number of hydrogen-bond donors (Lipinski definition) is 1. The molecule has 0 atom stereocenters. The summed E-state index contributed by atoms with van der Waals surface area (Å²) in [5.41, 5.74) is 11.6. The zero-order chi connectivity index (χ0) is 31.6. The number of benzene rings is 4. The van der Waals surface area contributed by atoms with E-state index in [0.717, 1.165) is 22.8 Å². The number of nitrogens with one attached hydrogen (secondary N) is 1. The van der Waals surface area contributed by atoms with Crippen molar-refractivity contribution in [2.24, 2.45) is 0 Å².